The van der Waals surface area contributed by atoms with Gasteiger partial charge in [0, 0.05) is 0 Å². The molecule has 0 aromatic heterocycles. The largest absolute Gasteiger partial charge is 0.115 e. The van der Waals surface area contributed by atoms with Gasteiger partial charge in [-0.2, -0.15) is 0 Å². The summed E-state index contributed by atoms with van der Waals surface area (Å²) >= 11 is 1.46. The van der Waals surface area contributed by atoms with E-state index < -0.39 is 0 Å². The fourth-order valence-electron chi connectivity index (χ4n) is 0.202. The molecule has 0 heterocycles. The highest BCUT2D eigenvalue weighted by Crippen LogP contribution is 2.01. The van der Waals surface area contributed by atoms with Crippen LogP contribution in [-0.2, 0) is 0 Å². The molecule has 0 aliphatic carbocycles. The van der Waals surface area contributed by atoms with Crippen LogP contribution in [0.25, 0.3) is 0 Å². The first-order chi connectivity index (χ1) is 4.41. The van der Waals surface area contributed by atoms with Crippen LogP contribution >= 0.6 is 11.8 Å². The lowest BCUT2D eigenvalue weighted by atomic mass is 10.7. The van der Waals surface area contributed by atoms with Crippen molar-refractivity contribution in [3.05, 3.63) is 23.0 Å². The van der Waals surface area contributed by atoms with Gasteiger partial charge in [0.2, 0.25) is 0 Å². The third kappa shape index (κ3) is 6.95. The van der Waals surface area contributed by atoms with Gasteiger partial charge < -0.3 is 0 Å². The molecule has 0 saturated heterocycles. The number of allylic oxidation sites excluding steroid dienone is 2. The number of hydrogen-bond acceptors (Lipinski definition) is 1. The fraction of sp³-hybridized carbons (Fsp3) is 0. The predicted octanol–water partition coefficient (Wildman–Crippen LogP) is 2.01. The topological polar surface area (TPSA) is 0 Å². The highest BCUT2D eigenvalue weighted by molar-refractivity contribution is 8.04. The summed E-state index contributed by atoms with van der Waals surface area (Å²) in [5.41, 5.74) is 0. The van der Waals surface area contributed by atoms with E-state index in [1.54, 1.807) is 23.0 Å². The van der Waals surface area contributed by atoms with Crippen LogP contribution in [0.2, 0.25) is 0 Å². The van der Waals surface area contributed by atoms with Gasteiger partial charge in [0.25, 0.3) is 0 Å². The van der Waals surface area contributed by atoms with E-state index in [1.807, 2.05) is 0 Å². The lowest BCUT2D eigenvalue weighted by Gasteiger charge is -1.73. The molecule has 0 spiro atoms. The minimum atomic E-state index is 1.46. The molecule has 0 unspecified atom stereocenters. The molecule has 0 saturated carbocycles. The first kappa shape index (κ1) is 7.95. The summed E-state index contributed by atoms with van der Waals surface area (Å²) in [6, 6.07) is 0. The molecule has 0 aliphatic heterocycles. The molecule has 0 rings (SSSR count). The maximum absolute atomic E-state index is 4.93. The number of hydrogen-bond donors (Lipinski definition) is 0. The van der Waals surface area contributed by atoms with Crippen molar-refractivity contribution in [2.24, 2.45) is 0 Å². The zero-order valence-corrected chi connectivity index (χ0v) is 5.69. The van der Waals surface area contributed by atoms with Crippen LogP contribution in [0.3, 0.4) is 0 Å². The molecule has 0 N–H and O–H groups in total. The van der Waals surface area contributed by atoms with Gasteiger partial charge in [-0.1, -0.05) is 11.8 Å². The lowest BCUT2D eigenvalue weighted by Crippen LogP contribution is -1.44. The molecule has 9 heavy (non-hydrogen) atoms. The van der Waals surface area contributed by atoms with Gasteiger partial charge in [-0.15, -0.1) is 24.6 Å². The second-order valence-corrected chi connectivity index (χ2v) is 1.89. The SMILES string of the molecule is C#C/C=C/S/C=C/C#C. The monoisotopic (exact) mass is 134 g/mol. The molecule has 0 bridgehead atoms. The van der Waals surface area contributed by atoms with Gasteiger partial charge in [0.05, 0.1) is 0 Å². The number of terminal acetylenes is 2. The summed E-state index contributed by atoms with van der Waals surface area (Å²) in [5.74, 6) is 4.72. The minimum absolute atomic E-state index is 1.46. The molecule has 1 heteroatoms. The van der Waals surface area contributed by atoms with Crippen LogP contribution in [0.15, 0.2) is 23.0 Å². The van der Waals surface area contributed by atoms with Crippen molar-refractivity contribution in [3.8, 4) is 24.7 Å². The second kappa shape index (κ2) is 6.95. The lowest BCUT2D eigenvalue weighted by molar-refractivity contribution is 2.25. The van der Waals surface area contributed by atoms with Crippen LogP contribution in [0, 0.1) is 24.7 Å². The summed E-state index contributed by atoms with van der Waals surface area (Å²) in [6.45, 7) is 0. The van der Waals surface area contributed by atoms with Crippen molar-refractivity contribution in [3.63, 3.8) is 0 Å². The standard InChI is InChI=1S/C8H6S/c1-3-5-7-9-8-6-4-2/h1-2,5-8H/b7-5+,8-6+. The highest BCUT2D eigenvalue weighted by atomic mass is 32.2. The maximum Gasteiger partial charge on any atom is -0.00551 e. The smallest absolute Gasteiger partial charge is 0.00551 e. The molecule has 0 fully saturated rings. The van der Waals surface area contributed by atoms with Crippen molar-refractivity contribution in [1.82, 2.24) is 0 Å². The van der Waals surface area contributed by atoms with E-state index in [4.69, 9.17) is 12.8 Å². The molecular weight excluding hydrogens is 128 g/mol. The van der Waals surface area contributed by atoms with Gasteiger partial charge in [-0.3, -0.25) is 0 Å². The Morgan fingerprint density at radius 2 is 1.44 bits per heavy atom. The van der Waals surface area contributed by atoms with E-state index in [1.165, 1.54) is 11.8 Å². The van der Waals surface area contributed by atoms with Crippen LogP contribution in [0.4, 0.5) is 0 Å². The number of thioether (sulfide) groups is 1. The molecule has 0 aromatic rings. The van der Waals surface area contributed by atoms with Crippen LogP contribution in [-0.4, -0.2) is 0 Å². The molecule has 0 aliphatic rings. The van der Waals surface area contributed by atoms with Crippen molar-refractivity contribution in [2.75, 3.05) is 0 Å². The zero-order chi connectivity index (χ0) is 6.95. The molecule has 0 nitrogen and oxygen atoms in total. The maximum atomic E-state index is 4.93. The van der Waals surface area contributed by atoms with Crippen LogP contribution in [0.1, 0.15) is 0 Å². The first-order valence-corrected chi connectivity index (χ1v) is 3.24. The molecule has 0 atom stereocenters. The Hall–Kier alpha value is -1.05. The average Bonchev–Trinajstić information content (AvgIpc) is 1.89. The van der Waals surface area contributed by atoms with Gasteiger partial charge >= 0.3 is 0 Å². The van der Waals surface area contributed by atoms with Crippen LogP contribution < -0.4 is 0 Å². The van der Waals surface area contributed by atoms with Crippen molar-refractivity contribution in [2.45, 2.75) is 0 Å². The molecule has 0 aromatic carbocycles. The highest BCUT2D eigenvalue weighted by Gasteiger charge is 1.64. The summed E-state index contributed by atoms with van der Waals surface area (Å²) < 4.78 is 0. The van der Waals surface area contributed by atoms with Crippen LogP contribution in [0.5, 0.6) is 0 Å². The Kier molecular flexibility index (Phi) is 6.14. The Morgan fingerprint density at radius 3 is 1.78 bits per heavy atom. The zero-order valence-electron chi connectivity index (χ0n) is 4.87. The van der Waals surface area contributed by atoms with E-state index in [2.05, 4.69) is 11.8 Å². The van der Waals surface area contributed by atoms with Gasteiger partial charge in [-0.05, 0) is 23.0 Å². The van der Waals surface area contributed by atoms with E-state index in [9.17, 15) is 0 Å². The third-order valence-corrected chi connectivity index (χ3v) is 1.07. The van der Waals surface area contributed by atoms with Crippen molar-refractivity contribution >= 4 is 11.8 Å². The van der Waals surface area contributed by atoms with Gasteiger partial charge in [0.1, 0.15) is 0 Å². The predicted molar refractivity (Wildman–Crippen MR) is 43.5 cm³/mol. The Bertz CT molecular complexity index is 164. The number of rotatable bonds is 2. The van der Waals surface area contributed by atoms with E-state index >= 15 is 0 Å². The minimum Gasteiger partial charge on any atom is -0.115 e. The van der Waals surface area contributed by atoms with Gasteiger partial charge in [-0.25, -0.2) is 0 Å². The summed E-state index contributed by atoms with van der Waals surface area (Å²) in [6.07, 6.45) is 13.1. The van der Waals surface area contributed by atoms with E-state index in [-0.39, 0.29) is 0 Å². The van der Waals surface area contributed by atoms with Gasteiger partial charge in [0.15, 0.2) is 0 Å². The third-order valence-electron chi connectivity index (χ3n) is 0.486. The Balaban J connectivity index is 3.35. The summed E-state index contributed by atoms with van der Waals surface area (Å²) in [5, 5.41) is 3.57. The molecule has 0 radical (unpaired) electrons. The average molecular weight is 134 g/mol. The van der Waals surface area contributed by atoms with E-state index in [0.717, 1.165) is 0 Å². The van der Waals surface area contributed by atoms with E-state index in [0.29, 0.717) is 0 Å². The summed E-state index contributed by atoms with van der Waals surface area (Å²) in [7, 11) is 0. The quantitative estimate of drug-likeness (QED) is 0.520. The van der Waals surface area contributed by atoms with Crippen molar-refractivity contribution < 1.29 is 0 Å². The Labute approximate surface area is 60.0 Å². The normalized spacial score (nSPS) is 9.56. The second-order valence-electron chi connectivity index (χ2n) is 1.07. The Morgan fingerprint density at radius 1 is 1.00 bits per heavy atom. The molecule has 44 valence electrons. The first-order valence-electron chi connectivity index (χ1n) is 2.29. The molecule has 0 amide bonds. The fourth-order valence-corrected chi connectivity index (χ4v) is 0.607. The van der Waals surface area contributed by atoms with Crippen molar-refractivity contribution in [1.29, 1.82) is 0 Å². The summed E-state index contributed by atoms with van der Waals surface area (Å²) in [4.78, 5) is 0. The molecular formula is C8H6S.